The average Bonchev–Trinajstić information content (AvgIpc) is 2.48. The monoisotopic (exact) mass is 184 g/mol. The summed E-state index contributed by atoms with van der Waals surface area (Å²) in [7, 11) is 0. The van der Waals surface area contributed by atoms with Crippen molar-refractivity contribution in [2.24, 2.45) is 5.92 Å². The predicted octanol–water partition coefficient (Wildman–Crippen LogP) is 1.72. The van der Waals surface area contributed by atoms with E-state index in [0.29, 0.717) is 0 Å². The standard InChI is InChI=1S/C11H24N2/c1-4-6-12-11-5-7-13(9-11)8-10(2)3/h10-12H,4-9H2,1-3H3. The van der Waals surface area contributed by atoms with Gasteiger partial charge in [0.25, 0.3) is 0 Å². The molecule has 78 valence electrons. The summed E-state index contributed by atoms with van der Waals surface area (Å²) in [5, 5.41) is 3.59. The molecule has 2 nitrogen and oxygen atoms in total. The zero-order valence-electron chi connectivity index (χ0n) is 9.34. The lowest BCUT2D eigenvalue weighted by molar-refractivity contribution is 0.290. The minimum Gasteiger partial charge on any atom is -0.313 e. The van der Waals surface area contributed by atoms with Crippen molar-refractivity contribution in [3.8, 4) is 0 Å². The second-order valence-electron chi connectivity index (χ2n) is 4.59. The van der Waals surface area contributed by atoms with Crippen molar-refractivity contribution >= 4 is 0 Å². The van der Waals surface area contributed by atoms with Crippen LogP contribution in [0.15, 0.2) is 0 Å². The van der Waals surface area contributed by atoms with E-state index in [1.165, 1.54) is 39.0 Å². The molecule has 1 aliphatic rings. The van der Waals surface area contributed by atoms with Crippen molar-refractivity contribution in [2.45, 2.75) is 39.7 Å². The molecule has 2 heteroatoms. The van der Waals surface area contributed by atoms with Crippen LogP contribution in [0.25, 0.3) is 0 Å². The van der Waals surface area contributed by atoms with Crippen molar-refractivity contribution in [1.29, 1.82) is 0 Å². The van der Waals surface area contributed by atoms with E-state index in [4.69, 9.17) is 0 Å². The van der Waals surface area contributed by atoms with Gasteiger partial charge in [0.1, 0.15) is 0 Å². The van der Waals surface area contributed by atoms with Crippen LogP contribution in [-0.2, 0) is 0 Å². The van der Waals surface area contributed by atoms with Gasteiger partial charge in [-0.3, -0.25) is 0 Å². The molecule has 1 unspecified atom stereocenters. The fourth-order valence-corrected chi connectivity index (χ4v) is 2.03. The number of likely N-dealkylation sites (tertiary alicyclic amines) is 1. The lowest BCUT2D eigenvalue weighted by Gasteiger charge is -2.18. The Balaban J connectivity index is 2.12. The number of rotatable bonds is 5. The molecule has 0 spiro atoms. The van der Waals surface area contributed by atoms with Gasteiger partial charge in [0.05, 0.1) is 0 Å². The summed E-state index contributed by atoms with van der Waals surface area (Å²) < 4.78 is 0. The zero-order chi connectivity index (χ0) is 9.68. The number of hydrogen-bond donors (Lipinski definition) is 1. The van der Waals surface area contributed by atoms with E-state index in [0.717, 1.165) is 12.0 Å². The molecule has 0 aromatic rings. The van der Waals surface area contributed by atoms with E-state index in [2.05, 4.69) is 31.0 Å². The summed E-state index contributed by atoms with van der Waals surface area (Å²) in [6.07, 6.45) is 2.59. The zero-order valence-corrected chi connectivity index (χ0v) is 9.34. The highest BCUT2D eigenvalue weighted by molar-refractivity contribution is 4.80. The van der Waals surface area contributed by atoms with E-state index in [-0.39, 0.29) is 0 Å². The Morgan fingerprint density at radius 3 is 2.85 bits per heavy atom. The Morgan fingerprint density at radius 1 is 1.46 bits per heavy atom. The maximum atomic E-state index is 3.59. The average molecular weight is 184 g/mol. The van der Waals surface area contributed by atoms with Gasteiger partial charge >= 0.3 is 0 Å². The minimum atomic E-state index is 0.763. The predicted molar refractivity (Wildman–Crippen MR) is 58.0 cm³/mol. The largest absolute Gasteiger partial charge is 0.313 e. The fraction of sp³-hybridized carbons (Fsp3) is 1.00. The molecular formula is C11H24N2. The normalized spacial score (nSPS) is 24.5. The third kappa shape index (κ3) is 4.10. The summed E-state index contributed by atoms with van der Waals surface area (Å²) in [5.41, 5.74) is 0. The van der Waals surface area contributed by atoms with Gasteiger partial charge in [0, 0.05) is 19.1 Å². The topological polar surface area (TPSA) is 15.3 Å². The van der Waals surface area contributed by atoms with Crippen LogP contribution in [0, 0.1) is 5.92 Å². The van der Waals surface area contributed by atoms with Crippen LogP contribution in [-0.4, -0.2) is 37.1 Å². The van der Waals surface area contributed by atoms with Gasteiger partial charge < -0.3 is 10.2 Å². The van der Waals surface area contributed by atoms with Crippen molar-refractivity contribution in [3.05, 3.63) is 0 Å². The Kier molecular flexibility index (Phi) is 4.74. The third-order valence-corrected chi connectivity index (χ3v) is 2.58. The summed E-state index contributed by atoms with van der Waals surface area (Å²) in [4.78, 5) is 2.58. The lowest BCUT2D eigenvalue weighted by Crippen LogP contribution is -2.34. The molecule has 0 aromatic heterocycles. The van der Waals surface area contributed by atoms with Crippen LogP contribution in [0.2, 0.25) is 0 Å². The molecule has 1 rings (SSSR count). The van der Waals surface area contributed by atoms with Crippen LogP contribution in [0.5, 0.6) is 0 Å². The Labute approximate surface area is 82.7 Å². The molecular weight excluding hydrogens is 160 g/mol. The van der Waals surface area contributed by atoms with Crippen LogP contribution in [0.3, 0.4) is 0 Å². The maximum absolute atomic E-state index is 3.59. The Bertz CT molecular complexity index is 134. The van der Waals surface area contributed by atoms with Crippen LogP contribution >= 0.6 is 0 Å². The third-order valence-electron chi connectivity index (χ3n) is 2.58. The molecule has 1 atom stereocenters. The first kappa shape index (κ1) is 11.0. The molecule has 0 radical (unpaired) electrons. The Morgan fingerprint density at radius 2 is 2.23 bits per heavy atom. The molecule has 0 saturated carbocycles. The van der Waals surface area contributed by atoms with Gasteiger partial charge in [-0.05, 0) is 31.8 Å². The summed E-state index contributed by atoms with van der Waals surface area (Å²) in [6, 6.07) is 0.763. The molecule has 1 aliphatic heterocycles. The highest BCUT2D eigenvalue weighted by Gasteiger charge is 2.21. The van der Waals surface area contributed by atoms with Gasteiger partial charge in [-0.15, -0.1) is 0 Å². The lowest BCUT2D eigenvalue weighted by atomic mass is 10.2. The molecule has 0 amide bonds. The van der Waals surface area contributed by atoms with E-state index >= 15 is 0 Å². The molecule has 0 aromatic carbocycles. The highest BCUT2D eigenvalue weighted by atomic mass is 15.2. The van der Waals surface area contributed by atoms with E-state index in [9.17, 15) is 0 Å². The van der Waals surface area contributed by atoms with Crippen molar-refractivity contribution in [2.75, 3.05) is 26.2 Å². The van der Waals surface area contributed by atoms with E-state index < -0.39 is 0 Å². The molecule has 1 heterocycles. The number of hydrogen-bond acceptors (Lipinski definition) is 2. The highest BCUT2D eigenvalue weighted by Crippen LogP contribution is 2.10. The van der Waals surface area contributed by atoms with Crippen LogP contribution in [0.4, 0.5) is 0 Å². The van der Waals surface area contributed by atoms with E-state index in [1.807, 2.05) is 0 Å². The van der Waals surface area contributed by atoms with Gasteiger partial charge in [0.2, 0.25) is 0 Å². The van der Waals surface area contributed by atoms with Gasteiger partial charge in [0.15, 0.2) is 0 Å². The number of nitrogens with zero attached hydrogens (tertiary/aromatic N) is 1. The first-order valence-electron chi connectivity index (χ1n) is 5.68. The SMILES string of the molecule is CCCNC1CCN(CC(C)C)C1. The smallest absolute Gasteiger partial charge is 0.0207 e. The van der Waals surface area contributed by atoms with Crippen molar-refractivity contribution < 1.29 is 0 Å². The van der Waals surface area contributed by atoms with Gasteiger partial charge in [-0.2, -0.15) is 0 Å². The van der Waals surface area contributed by atoms with Gasteiger partial charge in [-0.25, -0.2) is 0 Å². The Hall–Kier alpha value is -0.0800. The van der Waals surface area contributed by atoms with Crippen molar-refractivity contribution in [1.82, 2.24) is 10.2 Å². The first-order chi connectivity index (χ1) is 6.22. The minimum absolute atomic E-state index is 0.763. The molecule has 0 aliphatic carbocycles. The first-order valence-corrected chi connectivity index (χ1v) is 5.68. The molecule has 1 fully saturated rings. The molecule has 0 bridgehead atoms. The molecule has 1 saturated heterocycles. The second kappa shape index (κ2) is 5.61. The number of nitrogens with one attached hydrogen (secondary N) is 1. The maximum Gasteiger partial charge on any atom is 0.0207 e. The summed E-state index contributed by atoms with van der Waals surface area (Å²) in [6.45, 7) is 11.8. The fourth-order valence-electron chi connectivity index (χ4n) is 2.03. The molecule has 1 N–H and O–H groups in total. The van der Waals surface area contributed by atoms with E-state index in [1.54, 1.807) is 0 Å². The van der Waals surface area contributed by atoms with Gasteiger partial charge in [-0.1, -0.05) is 20.8 Å². The second-order valence-corrected chi connectivity index (χ2v) is 4.59. The van der Waals surface area contributed by atoms with Crippen LogP contribution in [0.1, 0.15) is 33.6 Å². The summed E-state index contributed by atoms with van der Waals surface area (Å²) in [5.74, 6) is 0.810. The quantitative estimate of drug-likeness (QED) is 0.700. The molecule has 13 heavy (non-hydrogen) atoms. The van der Waals surface area contributed by atoms with Crippen molar-refractivity contribution in [3.63, 3.8) is 0 Å². The van der Waals surface area contributed by atoms with Crippen LogP contribution < -0.4 is 5.32 Å². The summed E-state index contributed by atoms with van der Waals surface area (Å²) >= 11 is 0.